The highest BCUT2D eigenvalue weighted by molar-refractivity contribution is 6.30. The minimum Gasteiger partial charge on any atom is -0.383 e. The summed E-state index contributed by atoms with van der Waals surface area (Å²) >= 11 is 5.63. The van der Waals surface area contributed by atoms with Crippen molar-refractivity contribution in [1.82, 2.24) is 0 Å². The summed E-state index contributed by atoms with van der Waals surface area (Å²) in [4.78, 5) is 11.4. The van der Waals surface area contributed by atoms with Crippen molar-refractivity contribution in [3.05, 3.63) is 29.0 Å². The molecule has 0 heterocycles. The fraction of sp³-hybridized carbons (Fsp3) is 0.300. The van der Waals surface area contributed by atoms with E-state index in [1.165, 1.54) is 13.2 Å². The lowest BCUT2D eigenvalue weighted by Crippen LogP contribution is -2.39. The molecular weight excluding hydrogens is 235 g/mol. The second-order valence-electron chi connectivity index (χ2n) is 3.21. The Labute approximate surface area is 97.5 Å². The minimum atomic E-state index is -0.799. The minimum absolute atomic E-state index is 0.0921. The molecule has 0 saturated carbocycles. The molecule has 1 rings (SSSR count). The lowest BCUT2D eigenvalue weighted by molar-refractivity contribution is -0.118. The van der Waals surface area contributed by atoms with E-state index >= 15 is 0 Å². The summed E-state index contributed by atoms with van der Waals surface area (Å²) < 4.78 is 17.7. The van der Waals surface area contributed by atoms with E-state index in [0.29, 0.717) is 0 Å². The Morgan fingerprint density at radius 3 is 2.88 bits per heavy atom. The van der Waals surface area contributed by atoms with Crippen molar-refractivity contribution >= 4 is 23.2 Å². The van der Waals surface area contributed by atoms with Gasteiger partial charge in [0.25, 0.3) is 0 Å². The average molecular weight is 247 g/mol. The maximum Gasteiger partial charge on any atom is 0.243 e. The highest BCUT2D eigenvalue weighted by Gasteiger charge is 2.13. The standard InChI is InChI=1S/C10H12ClFN2O2/c1-16-5-9(13)10(15)14-8-3-6(11)2-7(12)4-8/h2-4,9H,5,13H2,1H3,(H,14,15). The molecular formula is C10H12ClFN2O2. The van der Waals surface area contributed by atoms with E-state index < -0.39 is 17.8 Å². The van der Waals surface area contributed by atoms with E-state index in [1.807, 2.05) is 0 Å². The van der Waals surface area contributed by atoms with Gasteiger partial charge in [-0.15, -0.1) is 0 Å². The molecule has 16 heavy (non-hydrogen) atoms. The molecule has 0 aliphatic carbocycles. The number of hydrogen-bond acceptors (Lipinski definition) is 3. The number of amides is 1. The summed E-state index contributed by atoms with van der Waals surface area (Å²) in [6.07, 6.45) is 0. The van der Waals surface area contributed by atoms with Gasteiger partial charge < -0.3 is 15.8 Å². The van der Waals surface area contributed by atoms with Crippen LogP contribution in [0.25, 0.3) is 0 Å². The van der Waals surface area contributed by atoms with E-state index in [1.54, 1.807) is 0 Å². The molecule has 0 aliphatic heterocycles. The van der Waals surface area contributed by atoms with Gasteiger partial charge in [-0.25, -0.2) is 4.39 Å². The van der Waals surface area contributed by atoms with Crippen LogP contribution in [0.15, 0.2) is 18.2 Å². The predicted molar refractivity (Wildman–Crippen MR) is 59.9 cm³/mol. The number of carbonyl (C=O) groups is 1. The van der Waals surface area contributed by atoms with Crippen molar-refractivity contribution < 1.29 is 13.9 Å². The van der Waals surface area contributed by atoms with Gasteiger partial charge in [-0.1, -0.05) is 11.6 Å². The van der Waals surface area contributed by atoms with Crippen LogP contribution in [0.5, 0.6) is 0 Å². The van der Waals surface area contributed by atoms with Crippen LogP contribution >= 0.6 is 11.6 Å². The zero-order valence-corrected chi connectivity index (χ0v) is 9.42. The van der Waals surface area contributed by atoms with Crippen LogP contribution in [0, 0.1) is 5.82 Å². The van der Waals surface area contributed by atoms with Crippen molar-refractivity contribution in [3.8, 4) is 0 Å². The van der Waals surface area contributed by atoms with E-state index in [9.17, 15) is 9.18 Å². The van der Waals surface area contributed by atoms with Gasteiger partial charge >= 0.3 is 0 Å². The fourth-order valence-corrected chi connectivity index (χ4v) is 1.34. The Bertz CT molecular complexity index is 367. The average Bonchev–Trinajstić information content (AvgIpc) is 2.16. The molecule has 1 unspecified atom stereocenters. The highest BCUT2D eigenvalue weighted by Crippen LogP contribution is 2.17. The molecule has 0 saturated heterocycles. The molecule has 0 aliphatic rings. The van der Waals surface area contributed by atoms with Crippen LogP contribution in [0.2, 0.25) is 5.02 Å². The zero-order chi connectivity index (χ0) is 12.1. The molecule has 1 atom stereocenters. The molecule has 0 aromatic heterocycles. The number of halogens is 2. The third kappa shape index (κ3) is 3.77. The molecule has 1 amide bonds. The smallest absolute Gasteiger partial charge is 0.243 e. The highest BCUT2D eigenvalue weighted by atomic mass is 35.5. The number of ether oxygens (including phenoxy) is 1. The summed E-state index contributed by atoms with van der Waals surface area (Å²) in [7, 11) is 1.44. The van der Waals surface area contributed by atoms with Crippen LogP contribution in [0.4, 0.5) is 10.1 Å². The number of anilines is 1. The van der Waals surface area contributed by atoms with Crippen molar-refractivity contribution in [3.63, 3.8) is 0 Å². The first-order valence-corrected chi connectivity index (χ1v) is 4.92. The largest absolute Gasteiger partial charge is 0.383 e. The number of carbonyl (C=O) groups excluding carboxylic acids is 1. The molecule has 1 aromatic rings. The first kappa shape index (κ1) is 12.9. The number of hydrogen-bond donors (Lipinski definition) is 2. The summed E-state index contributed by atoms with van der Waals surface area (Å²) in [5, 5.41) is 2.64. The molecule has 0 radical (unpaired) electrons. The maximum absolute atomic E-state index is 12.9. The summed E-state index contributed by atoms with van der Waals surface area (Å²) in [6.45, 7) is 0.0921. The van der Waals surface area contributed by atoms with Gasteiger partial charge in [-0.05, 0) is 18.2 Å². The number of methoxy groups -OCH3 is 1. The van der Waals surface area contributed by atoms with Crippen molar-refractivity contribution in [2.75, 3.05) is 19.0 Å². The second-order valence-corrected chi connectivity index (χ2v) is 3.65. The number of nitrogens with two attached hydrogens (primary N) is 1. The van der Waals surface area contributed by atoms with Crippen LogP contribution < -0.4 is 11.1 Å². The van der Waals surface area contributed by atoms with Crippen LogP contribution in [0.3, 0.4) is 0 Å². The molecule has 6 heteroatoms. The van der Waals surface area contributed by atoms with E-state index in [0.717, 1.165) is 12.1 Å². The van der Waals surface area contributed by atoms with Crippen LogP contribution in [-0.2, 0) is 9.53 Å². The van der Waals surface area contributed by atoms with Crippen LogP contribution in [-0.4, -0.2) is 25.7 Å². The molecule has 1 aromatic carbocycles. The van der Waals surface area contributed by atoms with Gasteiger partial charge in [-0.2, -0.15) is 0 Å². The first-order valence-electron chi connectivity index (χ1n) is 4.54. The third-order valence-corrected chi connectivity index (χ3v) is 2.03. The molecule has 0 fully saturated rings. The first-order chi connectivity index (χ1) is 7.52. The SMILES string of the molecule is COCC(N)C(=O)Nc1cc(F)cc(Cl)c1. The quantitative estimate of drug-likeness (QED) is 0.844. The lowest BCUT2D eigenvalue weighted by atomic mass is 10.2. The summed E-state index contributed by atoms with van der Waals surface area (Å²) in [5.41, 5.74) is 5.75. The van der Waals surface area contributed by atoms with Crippen LogP contribution in [0.1, 0.15) is 0 Å². The monoisotopic (exact) mass is 246 g/mol. The summed E-state index contributed by atoms with van der Waals surface area (Å²) in [6, 6.07) is 2.93. The van der Waals surface area contributed by atoms with Crippen molar-refractivity contribution in [1.29, 1.82) is 0 Å². The van der Waals surface area contributed by atoms with Gasteiger partial charge in [0, 0.05) is 17.8 Å². The van der Waals surface area contributed by atoms with Gasteiger partial charge in [0.2, 0.25) is 5.91 Å². The number of nitrogens with one attached hydrogen (secondary N) is 1. The molecule has 88 valence electrons. The Kier molecular flexibility index (Phi) is 4.67. The van der Waals surface area contributed by atoms with E-state index in [-0.39, 0.29) is 17.3 Å². The number of benzene rings is 1. The topological polar surface area (TPSA) is 64.3 Å². The molecule has 4 nitrogen and oxygen atoms in total. The summed E-state index contributed by atoms with van der Waals surface area (Å²) in [5.74, 6) is -0.980. The molecule has 0 spiro atoms. The normalized spacial score (nSPS) is 12.2. The Balaban J connectivity index is 2.69. The van der Waals surface area contributed by atoms with Gasteiger partial charge in [-0.3, -0.25) is 4.79 Å². The van der Waals surface area contributed by atoms with Gasteiger partial charge in [0.15, 0.2) is 0 Å². The molecule has 3 N–H and O–H groups in total. The Morgan fingerprint density at radius 1 is 1.62 bits per heavy atom. The Hall–Kier alpha value is -1.17. The zero-order valence-electron chi connectivity index (χ0n) is 8.67. The van der Waals surface area contributed by atoms with E-state index in [2.05, 4.69) is 5.32 Å². The van der Waals surface area contributed by atoms with E-state index in [4.69, 9.17) is 22.1 Å². The van der Waals surface area contributed by atoms with Crippen molar-refractivity contribution in [2.45, 2.75) is 6.04 Å². The Morgan fingerprint density at radius 2 is 2.31 bits per heavy atom. The maximum atomic E-state index is 12.9. The lowest BCUT2D eigenvalue weighted by Gasteiger charge is -2.11. The number of rotatable bonds is 4. The van der Waals surface area contributed by atoms with Gasteiger partial charge in [0.05, 0.1) is 6.61 Å². The fourth-order valence-electron chi connectivity index (χ4n) is 1.12. The van der Waals surface area contributed by atoms with Crippen molar-refractivity contribution in [2.24, 2.45) is 5.73 Å². The second kappa shape index (κ2) is 5.79. The van der Waals surface area contributed by atoms with Gasteiger partial charge in [0.1, 0.15) is 11.9 Å². The third-order valence-electron chi connectivity index (χ3n) is 1.81. The molecule has 0 bridgehead atoms. The predicted octanol–water partition coefficient (Wildman–Crippen LogP) is 1.39.